The first kappa shape index (κ1) is 17.0. The van der Waals surface area contributed by atoms with Crippen LogP contribution in [-0.2, 0) is 11.4 Å². The van der Waals surface area contributed by atoms with Crippen LogP contribution in [0, 0.1) is 5.92 Å². The minimum absolute atomic E-state index is 0.0948. The number of aliphatic carboxylic acids is 1. The number of carboxylic acids is 1. The Bertz CT molecular complexity index is 731. The van der Waals surface area contributed by atoms with Crippen molar-refractivity contribution in [2.24, 2.45) is 5.92 Å². The monoisotopic (exact) mass is 340 g/mol. The number of amides is 1. The maximum Gasteiger partial charge on any atom is 0.306 e. The van der Waals surface area contributed by atoms with Crippen molar-refractivity contribution in [3.05, 3.63) is 59.8 Å². The molecule has 0 aliphatic heterocycles. The molecule has 2 aromatic rings. The quantitative estimate of drug-likeness (QED) is 0.844. The van der Waals surface area contributed by atoms with E-state index in [1.54, 1.807) is 12.1 Å². The van der Waals surface area contributed by atoms with Gasteiger partial charge in [0.2, 0.25) is 5.88 Å². The molecule has 0 spiro atoms. The molecule has 3 rings (SSSR count). The minimum Gasteiger partial charge on any atom is -0.481 e. The van der Waals surface area contributed by atoms with Crippen LogP contribution in [0.15, 0.2) is 48.7 Å². The lowest BCUT2D eigenvalue weighted by atomic mass is 10.1. The lowest BCUT2D eigenvalue weighted by Gasteiger charge is -2.12. The number of aromatic nitrogens is 1. The number of rotatable bonds is 6. The van der Waals surface area contributed by atoms with Crippen molar-refractivity contribution < 1.29 is 19.4 Å². The molecule has 1 saturated carbocycles. The molecule has 1 aliphatic carbocycles. The molecule has 25 heavy (non-hydrogen) atoms. The average molecular weight is 340 g/mol. The van der Waals surface area contributed by atoms with E-state index in [1.165, 1.54) is 6.20 Å². The first-order valence-corrected chi connectivity index (χ1v) is 8.28. The van der Waals surface area contributed by atoms with E-state index in [1.807, 2.05) is 30.3 Å². The highest BCUT2D eigenvalue weighted by molar-refractivity contribution is 5.94. The molecule has 0 radical (unpaired) electrons. The highest BCUT2D eigenvalue weighted by atomic mass is 16.5. The van der Waals surface area contributed by atoms with E-state index in [-0.39, 0.29) is 17.9 Å². The van der Waals surface area contributed by atoms with Crippen LogP contribution in [0.1, 0.15) is 35.2 Å². The molecule has 1 aliphatic rings. The highest BCUT2D eigenvalue weighted by Gasteiger charge is 2.30. The second-order valence-electron chi connectivity index (χ2n) is 6.18. The summed E-state index contributed by atoms with van der Waals surface area (Å²) in [6.45, 7) is 0.415. The van der Waals surface area contributed by atoms with Gasteiger partial charge < -0.3 is 15.2 Å². The Balaban J connectivity index is 1.51. The van der Waals surface area contributed by atoms with Gasteiger partial charge in [0.25, 0.3) is 5.91 Å². The summed E-state index contributed by atoms with van der Waals surface area (Å²) in [7, 11) is 0. The largest absolute Gasteiger partial charge is 0.481 e. The fourth-order valence-electron chi connectivity index (χ4n) is 2.94. The lowest BCUT2D eigenvalue weighted by Crippen LogP contribution is -2.33. The predicted octanol–water partition coefficient (Wildman–Crippen LogP) is 2.64. The molecule has 0 bridgehead atoms. The summed E-state index contributed by atoms with van der Waals surface area (Å²) in [6, 6.07) is 13.0. The fraction of sp³-hybridized carbons (Fsp3) is 0.316. The zero-order valence-electron chi connectivity index (χ0n) is 13.7. The van der Waals surface area contributed by atoms with Crippen LogP contribution in [-0.4, -0.2) is 28.0 Å². The predicted molar refractivity (Wildman–Crippen MR) is 91.2 cm³/mol. The van der Waals surface area contributed by atoms with Crippen molar-refractivity contribution in [1.82, 2.24) is 10.3 Å². The Kier molecular flexibility index (Phi) is 5.28. The minimum atomic E-state index is -0.793. The molecule has 1 heterocycles. The second kappa shape index (κ2) is 7.79. The summed E-state index contributed by atoms with van der Waals surface area (Å²) in [4.78, 5) is 27.4. The van der Waals surface area contributed by atoms with Gasteiger partial charge in [0.15, 0.2) is 0 Å². The van der Waals surface area contributed by atoms with Crippen LogP contribution < -0.4 is 10.1 Å². The number of pyridine rings is 1. The molecule has 0 saturated heterocycles. The van der Waals surface area contributed by atoms with Crippen molar-refractivity contribution in [2.45, 2.75) is 31.9 Å². The number of benzene rings is 1. The average Bonchev–Trinajstić information content (AvgIpc) is 3.10. The Labute approximate surface area is 145 Å². The Hall–Kier alpha value is -2.89. The number of carbonyl (C=O) groups excluding carboxylic acids is 1. The third-order valence-electron chi connectivity index (χ3n) is 4.35. The molecule has 1 amide bonds. The number of hydrogen-bond acceptors (Lipinski definition) is 4. The van der Waals surface area contributed by atoms with Crippen LogP contribution in [0.3, 0.4) is 0 Å². The standard InChI is InChI=1S/C19H20N2O4/c22-18(21-16-8-6-14(10-16)19(23)24)15-7-9-17(20-11-15)25-12-13-4-2-1-3-5-13/h1-5,7,9,11,14,16H,6,8,10,12H2,(H,21,22)(H,23,24)/t14-,16+/m0/s1. The number of carbonyl (C=O) groups is 2. The van der Waals surface area contributed by atoms with E-state index < -0.39 is 5.97 Å². The van der Waals surface area contributed by atoms with Crippen LogP contribution in [0.4, 0.5) is 0 Å². The van der Waals surface area contributed by atoms with Crippen LogP contribution >= 0.6 is 0 Å². The zero-order chi connectivity index (χ0) is 17.6. The van der Waals surface area contributed by atoms with Gasteiger partial charge in [0.1, 0.15) is 6.61 Å². The molecule has 1 fully saturated rings. The van der Waals surface area contributed by atoms with Gasteiger partial charge in [-0.15, -0.1) is 0 Å². The molecule has 1 aromatic heterocycles. The normalized spacial score (nSPS) is 19.4. The number of carboxylic acid groups (broad SMARTS) is 1. The van der Waals surface area contributed by atoms with Gasteiger partial charge in [-0.3, -0.25) is 9.59 Å². The highest BCUT2D eigenvalue weighted by Crippen LogP contribution is 2.25. The van der Waals surface area contributed by atoms with E-state index >= 15 is 0 Å². The molecule has 1 aromatic carbocycles. The summed E-state index contributed by atoms with van der Waals surface area (Å²) in [6.07, 6.45) is 3.24. The van der Waals surface area contributed by atoms with Gasteiger partial charge in [0.05, 0.1) is 11.5 Å². The van der Waals surface area contributed by atoms with Gasteiger partial charge in [-0.2, -0.15) is 0 Å². The van der Waals surface area contributed by atoms with Crippen molar-refractivity contribution >= 4 is 11.9 Å². The Morgan fingerprint density at radius 1 is 1.16 bits per heavy atom. The third kappa shape index (κ3) is 4.56. The van der Waals surface area contributed by atoms with Gasteiger partial charge >= 0.3 is 5.97 Å². The third-order valence-corrected chi connectivity index (χ3v) is 4.35. The van der Waals surface area contributed by atoms with Gasteiger partial charge in [0, 0.05) is 18.3 Å². The summed E-state index contributed by atoms with van der Waals surface area (Å²) in [5.74, 6) is -0.944. The summed E-state index contributed by atoms with van der Waals surface area (Å²) >= 11 is 0. The molecule has 2 atom stereocenters. The molecule has 130 valence electrons. The number of nitrogens with zero attached hydrogens (tertiary/aromatic N) is 1. The maximum absolute atomic E-state index is 12.2. The van der Waals surface area contributed by atoms with Crippen molar-refractivity contribution in [1.29, 1.82) is 0 Å². The van der Waals surface area contributed by atoms with Crippen LogP contribution in [0.2, 0.25) is 0 Å². The molecule has 0 unspecified atom stereocenters. The Morgan fingerprint density at radius 2 is 1.96 bits per heavy atom. The first-order chi connectivity index (χ1) is 12.1. The van der Waals surface area contributed by atoms with Gasteiger partial charge in [-0.05, 0) is 30.9 Å². The molecular formula is C19H20N2O4. The summed E-state index contributed by atoms with van der Waals surface area (Å²) in [5, 5.41) is 11.9. The maximum atomic E-state index is 12.2. The van der Waals surface area contributed by atoms with Crippen molar-refractivity contribution in [2.75, 3.05) is 0 Å². The molecule has 2 N–H and O–H groups in total. The number of hydrogen-bond donors (Lipinski definition) is 2. The molecule has 6 heteroatoms. The van der Waals surface area contributed by atoms with Crippen molar-refractivity contribution in [3.63, 3.8) is 0 Å². The first-order valence-electron chi connectivity index (χ1n) is 8.28. The molecular weight excluding hydrogens is 320 g/mol. The SMILES string of the molecule is O=C(N[C@@H]1CC[C@H](C(=O)O)C1)c1ccc(OCc2ccccc2)nc1. The van der Waals surface area contributed by atoms with Gasteiger partial charge in [-0.25, -0.2) is 4.98 Å². The lowest BCUT2D eigenvalue weighted by molar-refractivity contribution is -0.141. The Morgan fingerprint density at radius 3 is 2.60 bits per heavy atom. The topological polar surface area (TPSA) is 88.5 Å². The van der Waals surface area contributed by atoms with E-state index in [4.69, 9.17) is 9.84 Å². The van der Waals surface area contributed by atoms with Crippen LogP contribution in [0.25, 0.3) is 0 Å². The van der Waals surface area contributed by atoms with E-state index in [9.17, 15) is 9.59 Å². The number of ether oxygens (including phenoxy) is 1. The second-order valence-corrected chi connectivity index (χ2v) is 6.18. The summed E-state index contributed by atoms with van der Waals surface area (Å²) < 4.78 is 5.59. The van der Waals surface area contributed by atoms with E-state index in [0.717, 1.165) is 5.56 Å². The molecule has 6 nitrogen and oxygen atoms in total. The number of nitrogens with one attached hydrogen (secondary N) is 1. The zero-order valence-corrected chi connectivity index (χ0v) is 13.7. The van der Waals surface area contributed by atoms with E-state index in [2.05, 4.69) is 10.3 Å². The van der Waals surface area contributed by atoms with Crippen LogP contribution in [0.5, 0.6) is 5.88 Å². The van der Waals surface area contributed by atoms with Crippen molar-refractivity contribution in [3.8, 4) is 5.88 Å². The van der Waals surface area contributed by atoms with E-state index in [0.29, 0.717) is 37.3 Å². The van der Waals surface area contributed by atoms with Gasteiger partial charge in [-0.1, -0.05) is 30.3 Å². The smallest absolute Gasteiger partial charge is 0.306 e. The fourth-order valence-corrected chi connectivity index (χ4v) is 2.94. The summed E-state index contributed by atoms with van der Waals surface area (Å²) in [5.41, 5.74) is 1.48.